The molecule has 164 valence electrons. The number of amides is 1. The van der Waals surface area contributed by atoms with Crippen LogP contribution in [-0.4, -0.2) is 29.2 Å². The number of rotatable bonds is 6. The Morgan fingerprint density at radius 1 is 1.10 bits per heavy atom. The number of hydrogen-bond donors (Lipinski definition) is 0. The fourth-order valence-electron chi connectivity index (χ4n) is 3.75. The van der Waals surface area contributed by atoms with Crippen molar-refractivity contribution in [3.8, 4) is 0 Å². The highest BCUT2D eigenvalue weighted by Gasteiger charge is 2.33. The van der Waals surface area contributed by atoms with Crippen LogP contribution in [0.4, 0.5) is 13.2 Å². The molecule has 1 fully saturated rings. The van der Waals surface area contributed by atoms with E-state index >= 15 is 0 Å². The summed E-state index contributed by atoms with van der Waals surface area (Å²) < 4.78 is 38.5. The lowest BCUT2D eigenvalue weighted by molar-refractivity contribution is -0.141. The van der Waals surface area contributed by atoms with E-state index in [0.717, 1.165) is 42.7 Å². The molecule has 1 heterocycles. The third-order valence-corrected chi connectivity index (χ3v) is 6.01. The first-order valence-corrected chi connectivity index (χ1v) is 10.6. The lowest BCUT2D eigenvalue weighted by atomic mass is 9.84. The molecule has 1 unspecified atom stereocenters. The van der Waals surface area contributed by atoms with Crippen LogP contribution in [0, 0.1) is 5.92 Å². The number of carbonyl (C=O) groups excluding carboxylic acids is 1. The number of alkyl halides is 3. The normalized spacial score (nSPS) is 18.8. The molecule has 2 aromatic rings. The summed E-state index contributed by atoms with van der Waals surface area (Å²) in [7, 11) is 0. The van der Waals surface area contributed by atoms with E-state index < -0.39 is 11.7 Å². The zero-order valence-corrected chi connectivity index (χ0v) is 17.5. The number of hydrogen-bond acceptors (Lipinski definition) is 3. The first-order chi connectivity index (χ1) is 14.8. The van der Waals surface area contributed by atoms with Crippen LogP contribution in [0.1, 0.15) is 42.4 Å². The lowest BCUT2D eigenvalue weighted by Crippen LogP contribution is -2.42. The first-order valence-electron chi connectivity index (χ1n) is 10.2. The van der Waals surface area contributed by atoms with Gasteiger partial charge in [-0.05, 0) is 48.2 Å². The van der Waals surface area contributed by atoms with Crippen LogP contribution in [0.25, 0.3) is 0 Å². The van der Waals surface area contributed by atoms with Gasteiger partial charge in [-0.25, -0.2) is 0 Å². The summed E-state index contributed by atoms with van der Waals surface area (Å²) in [4.78, 5) is 20.2. The summed E-state index contributed by atoms with van der Waals surface area (Å²) in [6.07, 6.45) is -1.42. The molecule has 31 heavy (non-hydrogen) atoms. The van der Waals surface area contributed by atoms with Crippen LogP contribution >= 0.6 is 11.6 Å². The van der Waals surface area contributed by atoms with Crippen molar-refractivity contribution in [2.45, 2.75) is 44.5 Å². The fraction of sp³-hybridized carbons (Fsp3) is 0.391. The minimum Gasteiger partial charge on any atom is -0.390 e. The van der Waals surface area contributed by atoms with Crippen molar-refractivity contribution in [3.63, 3.8) is 0 Å². The van der Waals surface area contributed by atoms with Crippen molar-refractivity contribution in [1.29, 1.82) is 0 Å². The van der Waals surface area contributed by atoms with Crippen LogP contribution in [0.3, 0.4) is 0 Å². The number of benzene rings is 2. The number of oxime groups is 1. The second kappa shape index (κ2) is 8.91. The molecular formula is C23H22ClF3N2O2. The molecule has 0 bridgehead atoms. The van der Waals surface area contributed by atoms with E-state index in [1.807, 2.05) is 12.1 Å². The largest absolute Gasteiger partial charge is 0.416 e. The van der Waals surface area contributed by atoms with Gasteiger partial charge in [-0.15, -0.1) is 0 Å². The van der Waals surface area contributed by atoms with Gasteiger partial charge in [0, 0.05) is 23.9 Å². The van der Waals surface area contributed by atoms with Gasteiger partial charge >= 0.3 is 6.18 Å². The Bertz CT molecular complexity index is 954. The molecule has 4 rings (SSSR count). The summed E-state index contributed by atoms with van der Waals surface area (Å²) in [5, 5.41) is 4.80. The Morgan fingerprint density at radius 2 is 1.77 bits per heavy atom. The monoisotopic (exact) mass is 450 g/mol. The van der Waals surface area contributed by atoms with Crippen LogP contribution < -0.4 is 0 Å². The zero-order chi connectivity index (χ0) is 22.0. The van der Waals surface area contributed by atoms with Crippen LogP contribution in [-0.2, 0) is 22.4 Å². The molecule has 1 aliphatic carbocycles. The molecule has 1 amide bonds. The van der Waals surface area contributed by atoms with Crippen molar-refractivity contribution in [1.82, 2.24) is 4.90 Å². The summed E-state index contributed by atoms with van der Waals surface area (Å²) >= 11 is 5.93. The minimum absolute atomic E-state index is 0.0208. The Hall–Kier alpha value is -2.54. The van der Waals surface area contributed by atoms with Gasteiger partial charge in [0.1, 0.15) is 0 Å². The molecule has 0 N–H and O–H groups in total. The fourth-order valence-corrected chi connectivity index (χ4v) is 3.88. The SMILES string of the molecule is O=C(C1CCC1)N(Cc1ccc(C(F)(F)F)cc1)CC1CC(c2ccc(Cl)cc2)=NO1. The minimum atomic E-state index is -4.38. The molecule has 0 spiro atoms. The van der Waals surface area contributed by atoms with Crippen molar-refractivity contribution < 1.29 is 22.8 Å². The van der Waals surface area contributed by atoms with E-state index in [4.69, 9.17) is 16.4 Å². The molecule has 2 aliphatic rings. The second-order valence-electron chi connectivity index (χ2n) is 8.02. The van der Waals surface area contributed by atoms with E-state index in [9.17, 15) is 18.0 Å². The van der Waals surface area contributed by atoms with Crippen LogP contribution in [0.5, 0.6) is 0 Å². The van der Waals surface area contributed by atoms with Gasteiger partial charge in [0.15, 0.2) is 6.10 Å². The molecule has 1 atom stereocenters. The van der Waals surface area contributed by atoms with E-state index in [-0.39, 0.29) is 24.5 Å². The van der Waals surface area contributed by atoms with Gasteiger partial charge in [0.2, 0.25) is 5.91 Å². The van der Waals surface area contributed by atoms with Crippen LogP contribution in [0.2, 0.25) is 5.02 Å². The highest BCUT2D eigenvalue weighted by atomic mass is 35.5. The number of halogens is 4. The predicted octanol–water partition coefficient (Wildman–Crippen LogP) is 5.68. The molecule has 4 nitrogen and oxygen atoms in total. The standard InChI is InChI=1S/C23H22ClF3N2O2/c24-19-10-6-16(7-11-19)21-12-20(31-28-21)14-29(22(30)17-2-1-3-17)13-15-4-8-18(9-5-15)23(25,26)27/h4-11,17,20H,1-3,12-14H2. The third-order valence-electron chi connectivity index (χ3n) is 5.76. The quantitative estimate of drug-likeness (QED) is 0.568. The van der Waals surface area contributed by atoms with E-state index in [2.05, 4.69) is 5.16 Å². The molecule has 2 aromatic carbocycles. The topological polar surface area (TPSA) is 41.9 Å². The molecule has 0 saturated heterocycles. The first kappa shape index (κ1) is 21.7. The molecular weight excluding hydrogens is 429 g/mol. The average molecular weight is 451 g/mol. The van der Waals surface area contributed by atoms with Gasteiger partial charge in [-0.3, -0.25) is 4.79 Å². The summed E-state index contributed by atoms with van der Waals surface area (Å²) in [5.41, 5.74) is 1.64. The van der Waals surface area contributed by atoms with Crippen LogP contribution in [0.15, 0.2) is 53.7 Å². The molecule has 1 aliphatic heterocycles. The van der Waals surface area contributed by atoms with Crippen molar-refractivity contribution in [3.05, 3.63) is 70.2 Å². The van der Waals surface area contributed by atoms with Gasteiger partial charge in [-0.2, -0.15) is 13.2 Å². The Labute approximate surface area is 183 Å². The van der Waals surface area contributed by atoms with E-state index in [0.29, 0.717) is 23.6 Å². The van der Waals surface area contributed by atoms with Crippen molar-refractivity contribution in [2.75, 3.05) is 6.54 Å². The Kier molecular flexibility index (Phi) is 6.23. The second-order valence-corrected chi connectivity index (χ2v) is 8.45. The molecule has 0 radical (unpaired) electrons. The van der Waals surface area contributed by atoms with Crippen molar-refractivity contribution in [2.24, 2.45) is 11.1 Å². The maximum atomic E-state index is 13.0. The smallest absolute Gasteiger partial charge is 0.390 e. The van der Waals surface area contributed by atoms with Gasteiger partial charge in [0.05, 0.1) is 17.8 Å². The molecule has 1 saturated carbocycles. The van der Waals surface area contributed by atoms with Crippen molar-refractivity contribution >= 4 is 23.2 Å². The summed E-state index contributed by atoms with van der Waals surface area (Å²) in [6.45, 7) is 0.570. The maximum Gasteiger partial charge on any atom is 0.416 e. The highest BCUT2D eigenvalue weighted by Crippen LogP contribution is 2.31. The summed E-state index contributed by atoms with van der Waals surface area (Å²) in [6, 6.07) is 12.3. The maximum absolute atomic E-state index is 13.0. The zero-order valence-electron chi connectivity index (χ0n) is 16.7. The van der Waals surface area contributed by atoms with Gasteiger partial charge < -0.3 is 9.74 Å². The Morgan fingerprint density at radius 3 is 2.35 bits per heavy atom. The number of nitrogens with zero attached hydrogens (tertiary/aromatic N) is 2. The third kappa shape index (κ3) is 5.21. The molecule has 8 heteroatoms. The number of carbonyl (C=O) groups is 1. The van der Waals surface area contributed by atoms with E-state index in [1.165, 1.54) is 12.1 Å². The highest BCUT2D eigenvalue weighted by molar-refractivity contribution is 6.30. The average Bonchev–Trinajstić information content (AvgIpc) is 3.15. The lowest BCUT2D eigenvalue weighted by Gasteiger charge is -2.32. The van der Waals surface area contributed by atoms with E-state index in [1.54, 1.807) is 17.0 Å². The molecule has 0 aromatic heterocycles. The Balaban J connectivity index is 1.43. The van der Waals surface area contributed by atoms with Gasteiger partial charge in [-0.1, -0.05) is 47.4 Å². The van der Waals surface area contributed by atoms with Gasteiger partial charge in [0.25, 0.3) is 0 Å². The predicted molar refractivity (Wildman–Crippen MR) is 112 cm³/mol. The summed E-state index contributed by atoms with van der Waals surface area (Å²) in [5.74, 6) is 0.00203.